The molecule has 0 unspecified atom stereocenters. The van der Waals surface area contributed by atoms with Crippen molar-refractivity contribution < 1.29 is 62.0 Å². The Morgan fingerprint density at radius 2 is 0.250 bits per heavy atom. The molecule has 0 rings (SSSR count). The zero-order valence-electron chi connectivity index (χ0n) is 8.08. The maximum absolute atomic E-state index is 0. The minimum absolute atomic E-state index is 0. The van der Waals surface area contributed by atoms with Gasteiger partial charge in [-0.05, 0) is 0 Å². The summed E-state index contributed by atoms with van der Waals surface area (Å²) < 4.78 is 0. The molecule has 12 heavy (non-hydrogen) atoms. The van der Waals surface area contributed by atoms with Crippen molar-refractivity contribution in [3.8, 4) is 0 Å². The molecule has 0 aliphatic heterocycles. The largest absolute Gasteiger partial charge is 1.00 e. The predicted octanol–water partition coefficient (Wildman–Crippen LogP) is -1.55. The van der Waals surface area contributed by atoms with E-state index in [9.17, 15) is 0 Å². The van der Waals surface area contributed by atoms with Gasteiger partial charge in [0.2, 0.25) is 0 Å². The molecule has 0 amide bonds. The van der Waals surface area contributed by atoms with Crippen LogP contribution in [0.2, 0.25) is 0 Å². The summed E-state index contributed by atoms with van der Waals surface area (Å²) in [7, 11) is 0. The van der Waals surface area contributed by atoms with Gasteiger partial charge in [-0.3, -0.25) is 0 Å². The van der Waals surface area contributed by atoms with Gasteiger partial charge in [0.15, 0.2) is 0 Å². The first-order valence-corrected chi connectivity index (χ1v) is 0. The molecule has 0 N–H and O–H groups in total. The minimum atomic E-state index is 0. The maximum Gasteiger partial charge on any atom is 1.00 e. The van der Waals surface area contributed by atoms with Crippen molar-refractivity contribution >= 4 is 124 Å². The van der Waals surface area contributed by atoms with Gasteiger partial charge < -0.3 is 2.85 Å². The van der Waals surface area contributed by atoms with Crippen molar-refractivity contribution in [2.45, 2.75) is 0 Å². The van der Waals surface area contributed by atoms with Crippen molar-refractivity contribution in [1.82, 2.24) is 0 Å². The Balaban J connectivity index is 0. The van der Waals surface area contributed by atoms with Crippen LogP contribution in [-0.4, -0.2) is 0 Å². The molecule has 0 aliphatic rings. The van der Waals surface area contributed by atoms with Gasteiger partial charge in [0, 0.05) is 0 Å². The van der Waals surface area contributed by atoms with E-state index in [0.717, 1.165) is 0 Å². The average molecular weight is 413 g/mol. The molecule has 0 fully saturated rings. The van der Waals surface area contributed by atoms with Gasteiger partial charge in [0.05, 0.1) is 0 Å². The Kier molecular flexibility index (Phi) is 2180. The SMILES string of the molecule is Cl.Cl.Cl.Cl.Cl.Cl.Cl.Cl.Cl.Cl.[H-].[H-].[Na+].[Na+]. The zero-order valence-corrected chi connectivity index (χ0v) is 18.2. The monoisotopic (exact) mass is 408 g/mol. The van der Waals surface area contributed by atoms with Crippen molar-refractivity contribution in [3.63, 3.8) is 0 Å². The summed E-state index contributed by atoms with van der Waals surface area (Å²) in [6.07, 6.45) is 0. The van der Waals surface area contributed by atoms with Crippen LogP contribution in [0, 0.1) is 0 Å². The first-order chi connectivity index (χ1) is 0. The topological polar surface area (TPSA) is 0 Å². The Hall–Kier alpha value is 4.90. The first-order valence-electron chi connectivity index (χ1n) is 0. The van der Waals surface area contributed by atoms with Crippen LogP contribution >= 0.6 is 124 Å². The smallest absolute Gasteiger partial charge is 1.00 e. The van der Waals surface area contributed by atoms with Gasteiger partial charge in [-0.1, -0.05) is 0 Å². The van der Waals surface area contributed by atoms with E-state index in [4.69, 9.17) is 0 Å². The number of hydrogen-bond donors (Lipinski definition) is 0. The Morgan fingerprint density at radius 1 is 0.250 bits per heavy atom. The van der Waals surface area contributed by atoms with E-state index in [-0.39, 0.29) is 186 Å². The summed E-state index contributed by atoms with van der Waals surface area (Å²) in [5.41, 5.74) is 0. The van der Waals surface area contributed by atoms with Crippen molar-refractivity contribution in [2.24, 2.45) is 0 Å². The van der Waals surface area contributed by atoms with E-state index in [0.29, 0.717) is 0 Å². The average Bonchev–Trinajstić information content (AvgIpc) is 0. The summed E-state index contributed by atoms with van der Waals surface area (Å²) in [6.45, 7) is 0. The molecule has 0 aromatic heterocycles. The summed E-state index contributed by atoms with van der Waals surface area (Å²) in [5, 5.41) is 0. The third kappa shape index (κ3) is 120. The van der Waals surface area contributed by atoms with Crippen LogP contribution in [0.4, 0.5) is 0 Å². The fourth-order valence-corrected chi connectivity index (χ4v) is 0. The fraction of sp³-hybridized carbons (Fsp3) is 0. The van der Waals surface area contributed by atoms with Crippen molar-refractivity contribution in [3.05, 3.63) is 0 Å². The molecular formula is H12Cl10Na2. The fourth-order valence-electron chi connectivity index (χ4n) is 0. The van der Waals surface area contributed by atoms with E-state index in [2.05, 4.69) is 0 Å². The molecule has 12 heteroatoms. The van der Waals surface area contributed by atoms with Gasteiger partial charge >= 0.3 is 59.1 Å². The first kappa shape index (κ1) is 178. The third-order valence-corrected chi connectivity index (χ3v) is 0. The second-order valence-corrected chi connectivity index (χ2v) is 0. The van der Waals surface area contributed by atoms with Crippen molar-refractivity contribution in [2.75, 3.05) is 0 Å². The van der Waals surface area contributed by atoms with Crippen LogP contribution in [0.25, 0.3) is 0 Å². The van der Waals surface area contributed by atoms with E-state index >= 15 is 0 Å². The molecule has 0 aromatic carbocycles. The van der Waals surface area contributed by atoms with Gasteiger partial charge in [-0.25, -0.2) is 0 Å². The second kappa shape index (κ2) is 147. The standard InChI is InChI=1S/10ClH.2Na.2H/h10*1H;;;;/q;;;;;;;;;;2*+1;2*-1. The molecular weight excluding hydrogens is 401 g/mol. The second-order valence-electron chi connectivity index (χ2n) is 0. The quantitative estimate of drug-likeness (QED) is 0.423. The van der Waals surface area contributed by atoms with Gasteiger partial charge in [0.25, 0.3) is 0 Å². The summed E-state index contributed by atoms with van der Waals surface area (Å²) in [5.74, 6) is 0. The van der Waals surface area contributed by atoms with Gasteiger partial charge in [-0.15, -0.1) is 124 Å². The molecule has 0 radical (unpaired) electrons. The number of hydrogen-bond acceptors (Lipinski definition) is 0. The molecule has 0 spiro atoms. The van der Waals surface area contributed by atoms with Gasteiger partial charge in [-0.2, -0.15) is 0 Å². The zero-order chi connectivity index (χ0) is 0. The maximum atomic E-state index is 0. The van der Waals surface area contributed by atoms with Crippen LogP contribution in [0.5, 0.6) is 0 Å². The number of halogens is 10. The Bertz CT molecular complexity index is 16.1. The third-order valence-electron chi connectivity index (χ3n) is 0. The van der Waals surface area contributed by atoms with Crippen LogP contribution in [0.15, 0.2) is 0 Å². The molecule has 0 saturated carbocycles. The predicted molar refractivity (Wildman–Crippen MR) is 74.7 cm³/mol. The summed E-state index contributed by atoms with van der Waals surface area (Å²) in [4.78, 5) is 0. The molecule has 0 saturated heterocycles. The summed E-state index contributed by atoms with van der Waals surface area (Å²) >= 11 is 0. The van der Waals surface area contributed by atoms with Crippen LogP contribution in [-0.2, 0) is 0 Å². The molecule has 84 valence electrons. The van der Waals surface area contributed by atoms with E-state index in [1.54, 1.807) is 0 Å². The van der Waals surface area contributed by atoms with Crippen LogP contribution < -0.4 is 59.1 Å². The van der Waals surface area contributed by atoms with Crippen LogP contribution in [0.1, 0.15) is 2.85 Å². The Morgan fingerprint density at radius 3 is 0.250 bits per heavy atom. The molecule has 0 atom stereocenters. The minimum Gasteiger partial charge on any atom is -1.00 e. The van der Waals surface area contributed by atoms with E-state index < -0.39 is 0 Å². The molecule has 0 aliphatic carbocycles. The molecule has 0 heterocycles. The van der Waals surface area contributed by atoms with E-state index in [1.807, 2.05) is 0 Å². The summed E-state index contributed by atoms with van der Waals surface area (Å²) in [6, 6.07) is 0. The molecule has 0 aromatic rings. The van der Waals surface area contributed by atoms with Crippen LogP contribution in [0.3, 0.4) is 0 Å². The molecule has 0 nitrogen and oxygen atoms in total. The Labute approximate surface area is 183 Å². The van der Waals surface area contributed by atoms with Crippen molar-refractivity contribution in [1.29, 1.82) is 0 Å². The number of rotatable bonds is 0. The molecule has 0 bridgehead atoms. The van der Waals surface area contributed by atoms with Gasteiger partial charge in [0.1, 0.15) is 0 Å². The normalized spacial score (nSPS) is 0. The van der Waals surface area contributed by atoms with E-state index in [1.165, 1.54) is 0 Å².